The van der Waals surface area contributed by atoms with Gasteiger partial charge in [0, 0.05) is 24.0 Å². The number of nitrogen functional groups attached to an aromatic ring is 2. The maximum absolute atomic E-state index is 5.94. The van der Waals surface area contributed by atoms with Crippen LogP contribution in [-0.4, -0.2) is 15.4 Å². The topological polar surface area (TPSA) is 61.3 Å². The maximum atomic E-state index is 5.94. The Hall–Kier alpha value is -1.78. The molecule has 3 nitrogen and oxygen atoms in total. The predicted molar refractivity (Wildman–Crippen MR) is 88.0 cm³/mol. The third kappa shape index (κ3) is 3.03. The standard InChI is InChI=1S/C16H22N2OSi/c1-19-20(2,3)16(12-6-4-8-14(17)10-12)13-7-5-9-15(18)11-13/h4-11,16H,17-18H2,1-3H3. The van der Waals surface area contributed by atoms with Crippen LogP contribution < -0.4 is 11.5 Å². The third-order valence-corrected chi connectivity index (χ3v) is 6.82. The Labute approximate surface area is 121 Å². The number of nitrogens with two attached hydrogens (primary N) is 2. The fourth-order valence-corrected chi connectivity index (χ4v) is 4.79. The molecule has 0 atom stereocenters. The van der Waals surface area contributed by atoms with Gasteiger partial charge in [-0.25, -0.2) is 0 Å². The van der Waals surface area contributed by atoms with Crippen molar-refractivity contribution >= 4 is 19.7 Å². The summed E-state index contributed by atoms with van der Waals surface area (Å²) < 4.78 is 5.85. The van der Waals surface area contributed by atoms with E-state index < -0.39 is 8.32 Å². The SMILES string of the molecule is CO[Si](C)(C)C(c1cccc(N)c1)c1cccc(N)c1. The van der Waals surface area contributed by atoms with E-state index in [0.29, 0.717) is 0 Å². The molecule has 106 valence electrons. The van der Waals surface area contributed by atoms with Crippen LogP contribution in [0.5, 0.6) is 0 Å². The van der Waals surface area contributed by atoms with Gasteiger partial charge in [-0.3, -0.25) is 0 Å². The van der Waals surface area contributed by atoms with Gasteiger partial charge in [0.05, 0.1) is 0 Å². The summed E-state index contributed by atoms with van der Waals surface area (Å²) in [7, 11) is -0.156. The lowest BCUT2D eigenvalue weighted by Gasteiger charge is -2.32. The predicted octanol–water partition coefficient (Wildman–Crippen LogP) is 3.37. The average Bonchev–Trinajstić information content (AvgIpc) is 2.39. The molecule has 0 unspecified atom stereocenters. The molecule has 0 aromatic heterocycles. The van der Waals surface area contributed by atoms with Gasteiger partial charge in [-0.15, -0.1) is 0 Å². The summed E-state index contributed by atoms with van der Waals surface area (Å²) in [5.41, 5.74) is 16.0. The van der Waals surface area contributed by atoms with Crippen molar-refractivity contribution in [2.45, 2.75) is 18.6 Å². The van der Waals surface area contributed by atoms with Crippen molar-refractivity contribution in [3.05, 3.63) is 59.7 Å². The molecule has 0 fully saturated rings. The lowest BCUT2D eigenvalue weighted by atomic mass is 10.0. The van der Waals surface area contributed by atoms with Crippen molar-refractivity contribution in [2.75, 3.05) is 18.6 Å². The van der Waals surface area contributed by atoms with Crippen LogP contribution in [0.4, 0.5) is 11.4 Å². The maximum Gasteiger partial charge on any atom is 0.197 e. The minimum Gasteiger partial charge on any atom is -0.420 e. The van der Waals surface area contributed by atoms with E-state index in [9.17, 15) is 0 Å². The van der Waals surface area contributed by atoms with Crippen molar-refractivity contribution in [3.8, 4) is 0 Å². The highest BCUT2D eigenvalue weighted by Gasteiger charge is 2.35. The van der Waals surface area contributed by atoms with Crippen LogP contribution in [-0.2, 0) is 4.43 Å². The first-order valence-corrected chi connectivity index (χ1v) is 9.68. The molecule has 0 heterocycles. The molecule has 0 saturated heterocycles. The molecule has 2 rings (SSSR count). The van der Waals surface area contributed by atoms with Gasteiger partial charge in [-0.2, -0.15) is 0 Å². The van der Waals surface area contributed by atoms with E-state index in [4.69, 9.17) is 15.9 Å². The molecule has 0 aliphatic rings. The van der Waals surface area contributed by atoms with E-state index in [1.165, 1.54) is 11.1 Å². The minimum absolute atomic E-state index is 0.208. The highest BCUT2D eigenvalue weighted by molar-refractivity contribution is 6.73. The van der Waals surface area contributed by atoms with Crippen molar-refractivity contribution in [3.63, 3.8) is 0 Å². The van der Waals surface area contributed by atoms with Gasteiger partial charge >= 0.3 is 0 Å². The number of anilines is 2. The second kappa shape index (κ2) is 5.69. The van der Waals surface area contributed by atoms with Gasteiger partial charge in [-0.1, -0.05) is 24.3 Å². The molecule has 0 spiro atoms. The number of hydrogen-bond donors (Lipinski definition) is 2. The molecule has 2 aromatic carbocycles. The van der Waals surface area contributed by atoms with Crippen molar-refractivity contribution in [1.82, 2.24) is 0 Å². The zero-order valence-electron chi connectivity index (χ0n) is 12.3. The summed E-state index contributed by atoms with van der Waals surface area (Å²) in [5, 5.41) is 0. The van der Waals surface area contributed by atoms with E-state index in [2.05, 4.69) is 25.2 Å². The fourth-order valence-electron chi connectivity index (χ4n) is 2.59. The van der Waals surface area contributed by atoms with Gasteiger partial charge in [0.1, 0.15) is 0 Å². The van der Waals surface area contributed by atoms with Gasteiger partial charge in [0.2, 0.25) is 0 Å². The largest absolute Gasteiger partial charge is 0.420 e. The Balaban J connectivity index is 2.56. The Morgan fingerprint density at radius 2 is 1.35 bits per heavy atom. The summed E-state index contributed by atoms with van der Waals surface area (Å²) in [6.45, 7) is 4.42. The molecule has 0 amide bonds. The van der Waals surface area contributed by atoms with Crippen LogP contribution in [0.3, 0.4) is 0 Å². The average molecular weight is 286 g/mol. The number of rotatable bonds is 4. The Morgan fingerprint density at radius 1 is 0.900 bits per heavy atom. The van der Waals surface area contributed by atoms with E-state index in [0.717, 1.165) is 11.4 Å². The summed E-state index contributed by atoms with van der Waals surface area (Å²) in [4.78, 5) is 0. The summed E-state index contributed by atoms with van der Waals surface area (Å²) >= 11 is 0. The first kappa shape index (κ1) is 14.6. The van der Waals surface area contributed by atoms with Gasteiger partial charge in [0.25, 0.3) is 0 Å². The molecule has 2 aromatic rings. The molecular formula is C16H22N2OSi. The summed E-state index contributed by atoms with van der Waals surface area (Å²) in [5.74, 6) is 0. The molecule has 0 aliphatic heterocycles. The van der Waals surface area contributed by atoms with Crippen LogP contribution in [0.1, 0.15) is 16.7 Å². The fraction of sp³-hybridized carbons (Fsp3) is 0.250. The smallest absolute Gasteiger partial charge is 0.197 e. The second-order valence-corrected chi connectivity index (χ2v) is 9.77. The molecule has 0 bridgehead atoms. The Bertz CT molecular complexity index is 553. The zero-order chi connectivity index (χ0) is 14.8. The Morgan fingerprint density at radius 3 is 1.70 bits per heavy atom. The normalized spacial score (nSPS) is 11.8. The summed E-state index contributed by atoms with van der Waals surface area (Å²) in [6, 6.07) is 16.1. The zero-order valence-corrected chi connectivity index (χ0v) is 13.3. The van der Waals surface area contributed by atoms with E-state index in [-0.39, 0.29) is 5.54 Å². The quantitative estimate of drug-likeness (QED) is 0.669. The molecule has 0 aliphatic carbocycles. The first-order chi connectivity index (χ1) is 9.44. The van der Waals surface area contributed by atoms with Crippen LogP contribution in [0.15, 0.2) is 48.5 Å². The molecule has 4 N–H and O–H groups in total. The van der Waals surface area contributed by atoms with Crippen LogP contribution in [0.25, 0.3) is 0 Å². The van der Waals surface area contributed by atoms with Crippen LogP contribution in [0.2, 0.25) is 13.1 Å². The number of benzene rings is 2. The lowest BCUT2D eigenvalue weighted by Crippen LogP contribution is -2.38. The summed E-state index contributed by atoms with van der Waals surface area (Å²) in [6.07, 6.45) is 0. The third-order valence-electron chi connectivity index (χ3n) is 3.71. The van der Waals surface area contributed by atoms with E-state index in [1.807, 2.05) is 36.4 Å². The van der Waals surface area contributed by atoms with Gasteiger partial charge in [0.15, 0.2) is 8.32 Å². The second-order valence-electron chi connectivity index (χ2n) is 5.58. The first-order valence-electron chi connectivity index (χ1n) is 6.70. The van der Waals surface area contributed by atoms with Gasteiger partial charge in [-0.05, 0) is 48.5 Å². The van der Waals surface area contributed by atoms with E-state index >= 15 is 0 Å². The minimum atomic E-state index is -1.95. The molecule has 0 saturated carbocycles. The molecule has 4 heteroatoms. The lowest BCUT2D eigenvalue weighted by molar-refractivity contribution is 0.397. The monoisotopic (exact) mass is 286 g/mol. The molecule has 0 radical (unpaired) electrons. The molecule has 20 heavy (non-hydrogen) atoms. The van der Waals surface area contributed by atoms with Gasteiger partial charge < -0.3 is 15.9 Å². The van der Waals surface area contributed by atoms with E-state index in [1.54, 1.807) is 7.11 Å². The highest BCUT2D eigenvalue weighted by Crippen LogP contribution is 2.35. The number of hydrogen-bond acceptors (Lipinski definition) is 3. The highest BCUT2D eigenvalue weighted by atomic mass is 28.4. The van der Waals surface area contributed by atoms with Crippen LogP contribution in [0, 0.1) is 0 Å². The van der Waals surface area contributed by atoms with Crippen molar-refractivity contribution in [2.24, 2.45) is 0 Å². The Kier molecular flexibility index (Phi) is 4.16. The van der Waals surface area contributed by atoms with Crippen molar-refractivity contribution in [1.29, 1.82) is 0 Å². The molecular weight excluding hydrogens is 264 g/mol. The van der Waals surface area contributed by atoms with Crippen molar-refractivity contribution < 1.29 is 4.43 Å². The van der Waals surface area contributed by atoms with Crippen LogP contribution >= 0.6 is 0 Å².